The average Bonchev–Trinajstić information content (AvgIpc) is 2.50. The van der Waals surface area contributed by atoms with Crippen molar-refractivity contribution in [1.29, 1.82) is 0 Å². The molecule has 2 rings (SSSR count). The molecule has 21 heavy (non-hydrogen) atoms. The van der Waals surface area contributed by atoms with Crippen LogP contribution in [0.3, 0.4) is 0 Å². The van der Waals surface area contributed by atoms with Gasteiger partial charge in [0.1, 0.15) is 0 Å². The number of nitrogens with zero attached hydrogens (tertiary/aromatic N) is 2. The van der Waals surface area contributed by atoms with Gasteiger partial charge in [-0.1, -0.05) is 0 Å². The molecule has 0 aromatic rings. The first kappa shape index (κ1) is 16.7. The first-order chi connectivity index (χ1) is 10.00. The molecule has 0 saturated carbocycles. The van der Waals surface area contributed by atoms with E-state index in [9.17, 15) is 4.79 Å². The summed E-state index contributed by atoms with van der Waals surface area (Å²) in [5, 5.41) is 3.35. The molecule has 2 atom stereocenters. The molecule has 0 radical (unpaired) electrons. The number of piperidine rings is 2. The van der Waals surface area contributed by atoms with Crippen LogP contribution in [-0.4, -0.2) is 75.2 Å². The summed E-state index contributed by atoms with van der Waals surface area (Å²) in [7, 11) is 5.86. The fourth-order valence-electron chi connectivity index (χ4n) is 3.76. The molecule has 2 unspecified atom stereocenters. The fraction of sp³-hybridized carbons (Fsp3) is 0.938. The summed E-state index contributed by atoms with van der Waals surface area (Å²) in [6.07, 6.45) is 3.91. The van der Waals surface area contributed by atoms with Crippen LogP contribution in [0.5, 0.6) is 0 Å². The molecule has 2 heterocycles. The molecule has 0 bridgehead atoms. The van der Waals surface area contributed by atoms with Crippen LogP contribution in [0, 0.1) is 5.41 Å². The van der Waals surface area contributed by atoms with Gasteiger partial charge >= 0.3 is 0 Å². The Hall–Kier alpha value is -0.650. The lowest BCUT2D eigenvalue weighted by molar-refractivity contribution is -0.149. The largest absolute Gasteiger partial charge is 0.384 e. The molecular weight excluding hydrogens is 266 g/mol. The maximum Gasteiger partial charge on any atom is 0.231 e. The van der Waals surface area contributed by atoms with Crippen LogP contribution in [0.25, 0.3) is 0 Å². The van der Waals surface area contributed by atoms with Gasteiger partial charge in [-0.2, -0.15) is 0 Å². The molecule has 2 aliphatic rings. The monoisotopic (exact) mass is 297 g/mol. The number of nitrogens with one attached hydrogen (secondary N) is 1. The van der Waals surface area contributed by atoms with Gasteiger partial charge in [-0.05, 0) is 52.7 Å². The Morgan fingerprint density at radius 3 is 2.67 bits per heavy atom. The van der Waals surface area contributed by atoms with Crippen molar-refractivity contribution in [1.82, 2.24) is 15.1 Å². The number of methoxy groups -OCH3 is 1. The maximum absolute atomic E-state index is 13.1. The maximum atomic E-state index is 13.1. The van der Waals surface area contributed by atoms with E-state index in [0.29, 0.717) is 18.7 Å². The normalized spacial score (nSPS) is 30.1. The summed E-state index contributed by atoms with van der Waals surface area (Å²) in [6, 6.07) is 0.915. The first-order valence-corrected chi connectivity index (χ1v) is 8.17. The number of hydrogen-bond donors (Lipinski definition) is 1. The van der Waals surface area contributed by atoms with Crippen LogP contribution in [0.2, 0.25) is 0 Å². The van der Waals surface area contributed by atoms with Crippen LogP contribution in [0.4, 0.5) is 0 Å². The first-order valence-electron chi connectivity index (χ1n) is 8.17. The molecule has 0 spiro atoms. The van der Waals surface area contributed by atoms with Crippen molar-refractivity contribution in [3.05, 3.63) is 0 Å². The van der Waals surface area contributed by atoms with E-state index in [1.165, 1.54) is 0 Å². The van der Waals surface area contributed by atoms with Crippen LogP contribution in [-0.2, 0) is 9.53 Å². The van der Waals surface area contributed by atoms with Gasteiger partial charge < -0.3 is 19.9 Å². The van der Waals surface area contributed by atoms with E-state index in [2.05, 4.69) is 24.2 Å². The number of carbonyl (C=O) groups excluding carboxylic acids is 1. The molecule has 0 aromatic heterocycles. The van der Waals surface area contributed by atoms with E-state index in [1.807, 2.05) is 11.9 Å². The minimum atomic E-state index is -0.318. The Labute approximate surface area is 129 Å². The molecular formula is C16H31N3O2. The van der Waals surface area contributed by atoms with Gasteiger partial charge in [-0.3, -0.25) is 4.79 Å². The molecule has 122 valence electrons. The number of rotatable bonds is 4. The van der Waals surface area contributed by atoms with Crippen molar-refractivity contribution >= 4 is 5.91 Å². The summed E-state index contributed by atoms with van der Waals surface area (Å²) in [5.74, 6) is 0.285. The highest BCUT2D eigenvalue weighted by molar-refractivity contribution is 5.83. The van der Waals surface area contributed by atoms with Gasteiger partial charge in [0, 0.05) is 32.8 Å². The van der Waals surface area contributed by atoms with Crippen LogP contribution in [0.1, 0.15) is 32.6 Å². The lowest BCUT2D eigenvalue weighted by Gasteiger charge is -2.44. The number of amides is 1. The van der Waals surface area contributed by atoms with E-state index in [1.54, 1.807) is 7.11 Å². The Balaban J connectivity index is 2.05. The van der Waals surface area contributed by atoms with Crippen LogP contribution >= 0.6 is 0 Å². The number of likely N-dealkylation sites (tertiary alicyclic amines) is 1. The predicted molar refractivity (Wildman–Crippen MR) is 84.3 cm³/mol. The Bertz CT molecular complexity index is 350. The van der Waals surface area contributed by atoms with E-state index < -0.39 is 0 Å². The zero-order valence-electron chi connectivity index (χ0n) is 14.0. The minimum absolute atomic E-state index is 0.285. The summed E-state index contributed by atoms with van der Waals surface area (Å²) in [5.41, 5.74) is -0.318. The molecule has 2 aliphatic heterocycles. The minimum Gasteiger partial charge on any atom is -0.384 e. The molecule has 1 amide bonds. The topological polar surface area (TPSA) is 44.8 Å². The molecule has 1 N–H and O–H groups in total. The second kappa shape index (κ2) is 7.07. The quantitative estimate of drug-likeness (QED) is 0.839. The lowest BCUT2D eigenvalue weighted by Crippen LogP contribution is -2.55. The van der Waals surface area contributed by atoms with Gasteiger partial charge in [-0.25, -0.2) is 0 Å². The molecule has 0 aliphatic carbocycles. The lowest BCUT2D eigenvalue weighted by atomic mass is 9.77. The Kier molecular flexibility index (Phi) is 5.63. The van der Waals surface area contributed by atoms with Crippen molar-refractivity contribution in [2.75, 3.05) is 47.4 Å². The number of carbonyl (C=O) groups is 1. The zero-order chi connectivity index (χ0) is 15.5. The van der Waals surface area contributed by atoms with Gasteiger partial charge in [0.2, 0.25) is 5.91 Å². The van der Waals surface area contributed by atoms with Crippen molar-refractivity contribution in [2.45, 2.75) is 44.7 Å². The molecule has 5 nitrogen and oxygen atoms in total. The number of ether oxygens (including phenoxy) is 1. The summed E-state index contributed by atoms with van der Waals surface area (Å²) in [6.45, 7) is 5.68. The van der Waals surface area contributed by atoms with Crippen molar-refractivity contribution in [2.24, 2.45) is 5.41 Å². The second-order valence-corrected chi connectivity index (χ2v) is 6.89. The predicted octanol–water partition coefficient (Wildman–Crippen LogP) is 0.944. The van der Waals surface area contributed by atoms with Crippen molar-refractivity contribution in [3.63, 3.8) is 0 Å². The van der Waals surface area contributed by atoms with E-state index in [4.69, 9.17) is 4.74 Å². The smallest absolute Gasteiger partial charge is 0.231 e. The zero-order valence-corrected chi connectivity index (χ0v) is 14.0. The second-order valence-electron chi connectivity index (χ2n) is 6.89. The van der Waals surface area contributed by atoms with Crippen LogP contribution in [0.15, 0.2) is 0 Å². The van der Waals surface area contributed by atoms with Crippen molar-refractivity contribution < 1.29 is 9.53 Å². The summed E-state index contributed by atoms with van der Waals surface area (Å²) in [4.78, 5) is 17.5. The third-order valence-corrected chi connectivity index (χ3v) is 5.48. The van der Waals surface area contributed by atoms with E-state index >= 15 is 0 Å². The van der Waals surface area contributed by atoms with Crippen LogP contribution < -0.4 is 5.32 Å². The number of hydrogen-bond acceptors (Lipinski definition) is 4. The van der Waals surface area contributed by atoms with Gasteiger partial charge in [0.25, 0.3) is 0 Å². The van der Waals surface area contributed by atoms with Gasteiger partial charge in [-0.15, -0.1) is 0 Å². The highest BCUT2D eigenvalue weighted by Crippen LogP contribution is 2.33. The third-order valence-electron chi connectivity index (χ3n) is 5.48. The van der Waals surface area contributed by atoms with Gasteiger partial charge in [0.05, 0.1) is 12.0 Å². The molecule has 2 saturated heterocycles. The van der Waals surface area contributed by atoms with Gasteiger partial charge in [0.15, 0.2) is 0 Å². The fourth-order valence-corrected chi connectivity index (χ4v) is 3.76. The van der Waals surface area contributed by atoms with E-state index in [0.717, 1.165) is 45.3 Å². The molecule has 2 fully saturated rings. The highest BCUT2D eigenvalue weighted by Gasteiger charge is 2.43. The highest BCUT2D eigenvalue weighted by atomic mass is 16.5. The molecule has 5 heteroatoms. The Morgan fingerprint density at radius 1 is 1.43 bits per heavy atom. The Morgan fingerprint density at radius 2 is 2.10 bits per heavy atom. The molecule has 0 aromatic carbocycles. The average molecular weight is 297 g/mol. The van der Waals surface area contributed by atoms with Crippen molar-refractivity contribution in [3.8, 4) is 0 Å². The van der Waals surface area contributed by atoms with E-state index in [-0.39, 0.29) is 11.3 Å². The standard InChI is InChI=1S/C16H31N3O2/c1-13-11-14(5-10-18(13)2)19(3)15(20)16(12-21-4)6-8-17-9-7-16/h13-14,17H,5-12H2,1-4H3. The summed E-state index contributed by atoms with van der Waals surface area (Å²) >= 11 is 0. The third kappa shape index (κ3) is 3.58. The SMILES string of the molecule is COCC1(C(=O)N(C)C2CCN(C)C(C)C2)CCNCC1. The summed E-state index contributed by atoms with van der Waals surface area (Å²) < 4.78 is 5.40.